The van der Waals surface area contributed by atoms with Gasteiger partial charge in [0.1, 0.15) is 11.2 Å². The molecule has 7 N–H and O–H groups in total. The second-order valence-corrected chi connectivity index (χ2v) is 11.5. The molecule has 0 rings (SSSR count). The first-order valence-corrected chi connectivity index (χ1v) is 14.1. The summed E-state index contributed by atoms with van der Waals surface area (Å²) in [6.07, 6.45) is 3.93. The fourth-order valence-corrected chi connectivity index (χ4v) is 3.36. The third-order valence-corrected chi connectivity index (χ3v) is 5.72. The van der Waals surface area contributed by atoms with Crippen LogP contribution in [0.15, 0.2) is 0 Å². The van der Waals surface area contributed by atoms with Gasteiger partial charge in [-0.05, 0) is 120 Å². The number of carbonyl (C=O) groups is 2. The highest BCUT2D eigenvalue weighted by molar-refractivity contribution is 5.77. The van der Waals surface area contributed by atoms with Gasteiger partial charge in [0.15, 0.2) is 0 Å². The van der Waals surface area contributed by atoms with Crippen molar-refractivity contribution in [1.82, 2.24) is 16.0 Å². The van der Waals surface area contributed by atoms with E-state index >= 15 is 0 Å². The molecule has 0 spiro atoms. The molecule has 0 saturated carbocycles. The van der Waals surface area contributed by atoms with Gasteiger partial charge in [-0.1, -0.05) is 27.2 Å². The number of ether oxygens (including phenoxy) is 3. The summed E-state index contributed by atoms with van der Waals surface area (Å²) in [7, 11) is 6.07. The van der Waals surface area contributed by atoms with Crippen LogP contribution in [0.4, 0.5) is 9.59 Å². The Bertz CT molecular complexity index is 531. The molecule has 0 aromatic carbocycles. The van der Waals surface area contributed by atoms with Gasteiger partial charge in [-0.15, -0.1) is 0 Å². The fourth-order valence-electron chi connectivity index (χ4n) is 3.36. The predicted molar refractivity (Wildman–Crippen MR) is 158 cm³/mol. The maximum Gasteiger partial charge on any atom is 0.519 e. The molecule has 0 aromatic rings. The highest BCUT2D eigenvalue weighted by Crippen LogP contribution is 2.12. The van der Waals surface area contributed by atoms with E-state index in [4.69, 9.17) is 20.9 Å². The van der Waals surface area contributed by atoms with E-state index in [2.05, 4.69) is 48.5 Å². The van der Waals surface area contributed by atoms with Crippen LogP contribution in [0.25, 0.3) is 0 Å². The van der Waals surface area contributed by atoms with Crippen molar-refractivity contribution in [1.29, 1.82) is 0 Å². The van der Waals surface area contributed by atoms with E-state index in [0.29, 0.717) is 31.1 Å². The Labute approximate surface area is 234 Å². The largest absolute Gasteiger partial charge is 0.519 e. The maximum atomic E-state index is 11.0. The van der Waals surface area contributed by atoms with Gasteiger partial charge in [0.25, 0.3) is 0 Å². The van der Waals surface area contributed by atoms with Crippen molar-refractivity contribution in [3.05, 3.63) is 0 Å². The summed E-state index contributed by atoms with van der Waals surface area (Å²) in [6.45, 7) is 19.3. The Hall–Kier alpha value is -1.46. The molecule has 0 fully saturated rings. The molecule has 38 heavy (non-hydrogen) atoms. The minimum atomic E-state index is -1.06. The lowest BCUT2D eigenvalue weighted by Gasteiger charge is -2.20. The summed E-state index contributed by atoms with van der Waals surface area (Å²) in [5.74, 6) is 1.31. The summed E-state index contributed by atoms with van der Waals surface area (Å²) in [4.78, 5) is 22.0. The van der Waals surface area contributed by atoms with Gasteiger partial charge in [-0.2, -0.15) is 0 Å². The lowest BCUT2D eigenvalue weighted by Crippen LogP contribution is -2.33. The zero-order valence-electron chi connectivity index (χ0n) is 26.7. The molecule has 0 aromatic heterocycles. The highest BCUT2D eigenvalue weighted by atomic mass is 16.8. The molecule has 230 valence electrons. The Kier molecular flexibility index (Phi) is 25.3. The monoisotopic (exact) mass is 549 g/mol. The van der Waals surface area contributed by atoms with E-state index in [1.165, 1.54) is 19.3 Å². The number of nitrogens with one attached hydrogen (secondary N) is 3. The minimum Gasteiger partial charge on any atom is -0.428 e. The van der Waals surface area contributed by atoms with E-state index in [1.807, 2.05) is 14.1 Å². The van der Waals surface area contributed by atoms with Crippen molar-refractivity contribution < 1.29 is 23.8 Å². The summed E-state index contributed by atoms with van der Waals surface area (Å²) >= 11 is 0. The Morgan fingerprint density at radius 3 is 1.29 bits per heavy atom. The number of rotatable bonds is 13. The topological polar surface area (TPSA) is 150 Å². The van der Waals surface area contributed by atoms with Crippen LogP contribution < -0.4 is 27.4 Å². The average molecular weight is 550 g/mol. The van der Waals surface area contributed by atoms with Crippen molar-refractivity contribution in [3.8, 4) is 0 Å². The molecular weight excluding hydrogens is 486 g/mol. The first-order chi connectivity index (χ1) is 17.6. The third kappa shape index (κ3) is 27.6. The summed E-state index contributed by atoms with van der Waals surface area (Å²) in [6, 6.07) is 1.27. The zero-order valence-corrected chi connectivity index (χ0v) is 26.7. The lowest BCUT2D eigenvalue weighted by atomic mass is 9.96. The van der Waals surface area contributed by atoms with E-state index in [-0.39, 0.29) is 0 Å². The van der Waals surface area contributed by atoms with Crippen LogP contribution in [0.2, 0.25) is 0 Å². The van der Waals surface area contributed by atoms with Gasteiger partial charge < -0.3 is 41.6 Å². The van der Waals surface area contributed by atoms with Crippen LogP contribution in [0, 0.1) is 11.8 Å². The smallest absolute Gasteiger partial charge is 0.428 e. The normalized spacial score (nSPS) is 13.8. The van der Waals surface area contributed by atoms with Crippen molar-refractivity contribution in [2.75, 3.05) is 40.8 Å². The minimum absolute atomic E-state index is 0.479. The summed E-state index contributed by atoms with van der Waals surface area (Å²) in [5, 5.41) is 9.83. The highest BCUT2D eigenvalue weighted by Gasteiger charge is 2.24. The molecule has 0 aliphatic rings. The molecule has 0 radical (unpaired) electrons. The Balaban J connectivity index is -0.000000491. The van der Waals surface area contributed by atoms with E-state index in [0.717, 1.165) is 25.3 Å². The molecule has 0 saturated heterocycles. The molecule has 3 atom stereocenters. The van der Waals surface area contributed by atoms with Crippen LogP contribution in [0.3, 0.4) is 0 Å². The standard InChI is InChI=1S/C10H24N2.C10H18O5.C8H21N3/c1-5-9(8-11-3)7-10(6-2)12-4;1-9(2,3)14-7(11)13-8(12)15-10(4,5)6;1-3-8(11-2)4-7(5-9)6-10/h9-12H,5-8H2,1-4H3;1-6H3;7-8,11H,3-6,9-10H2,1-2H3/t9?,10-;;8-/m1.1/s1. The Morgan fingerprint density at radius 2 is 1.05 bits per heavy atom. The van der Waals surface area contributed by atoms with Crippen LogP contribution in [-0.2, 0) is 14.2 Å². The molecule has 0 heterocycles. The third-order valence-electron chi connectivity index (χ3n) is 5.72. The zero-order chi connectivity index (χ0) is 30.4. The van der Waals surface area contributed by atoms with Crippen molar-refractivity contribution in [2.45, 2.75) is 118 Å². The van der Waals surface area contributed by atoms with Crippen LogP contribution in [0.1, 0.15) is 94.4 Å². The number of carbonyl (C=O) groups excluding carboxylic acids is 2. The second kappa shape index (κ2) is 23.4. The molecule has 0 aliphatic heterocycles. The first kappa shape index (κ1) is 41.0. The molecule has 10 heteroatoms. The quantitative estimate of drug-likeness (QED) is 0.165. The lowest BCUT2D eigenvalue weighted by molar-refractivity contribution is -0.0293. The maximum absolute atomic E-state index is 11.0. The molecule has 1 unspecified atom stereocenters. The van der Waals surface area contributed by atoms with Crippen molar-refractivity contribution in [3.63, 3.8) is 0 Å². The SMILES string of the molecule is CC(C)(C)OC(=O)OC(=O)OC(C)(C)C.CCC(CNC)C[C@@H](CC)NC.CC[C@H](CC(CN)CN)NC. The predicted octanol–water partition coefficient (Wildman–Crippen LogP) is 4.40. The van der Waals surface area contributed by atoms with Gasteiger partial charge in [-0.3, -0.25) is 0 Å². The first-order valence-electron chi connectivity index (χ1n) is 14.1. The summed E-state index contributed by atoms with van der Waals surface area (Å²) < 4.78 is 13.8. The van der Waals surface area contributed by atoms with Crippen LogP contribution in [0.5, 0.6) is 0 Å². The summed E-state index contributed by atoms with van der Waals surface area (Å²) in [5.41, 5.74) is 9.68. The van der Waals surface area contributed by atoms with Crippen LogP contribution in [-0.4, -0.2) is 76.4 Å². The number of hydrogen-bond donors (Lipinski definition) is 5. The van der Waals surface area contributed by atoms with E-state index in [1.54, 1.807) is 41.5 Å². The number of nitrogens with two attached hydrogens (primary N) is 2. The molecule has 10 nitrogen and oxygen atoms in total. The van der Waals surface area contributed by atoms with Gasteiger partial charge in [-0.25, -0.2) is 9.59 Å². The number of hydrogen-bond acceptors (Lipinski definition) is 10. The fraction of sp³-hybridized carbons (Fsp3) is 0.929. The second-order valence-electron chi connectivity index (χ2n) is 11.5. The van der Waals surface area contributed by atoms with Gasteiger partial charge >= 0.3 is 12.3 Å². The van der Waals surface area contributed by atoms with Crippen LogP contribution >= 0.6 is 0 Å². The molecule has 0 bridgehead atoms. The Morgan fingerprint density at radius 1 is 0.684 bits per heavy atom. The van der Waals surface area contributed by atoms with E-state index in [9.17, 15) is 9.59 Å². The van der Waals surface area contributed by atoms with Gasteiger partial charge in [0, 0.05) is 12.1 Å². The van der Waals surface area contributed by atoms with Crippen molar-refractivity contribution in [2.24, 2.45) is 23.3 Å². The van der Waals surface area contributed by atoms with Gasteiger partial charge in [0.2, 0.25) is 0 Å². The van der Waals surface area contributed by atoms with E-state index < -0.39 is 23.5 Å². The van der Waals surface area contributed by atoms with Crippen molar-refractivity contribution >= 4 is 12.3 Å². The average Bonchev–Trinajstić information content (AvgIpc) is 2.81. The molecule has 0 amide bonds. The molecular formula is C28H63N5O5. The van der Waals surface area contributed by atoms with Gasteiger partial charge in [0.05, 0.1) is 0 Å². The molecule has 0 aliphatic carbocycles.